The molecule has 0 amide bonds. The summed E-state index contributed by atoms with van der Waals surface area (Å²) >= 11 is 0. The molecule has 0 spiro atoms. The summed E-state index contributed by atoms with van der Waals surface area (Å²) < 4.78 is 0. The summed E-state index contributed by atoms with van der Waals surface area (Å²) in [6.45, 7) is 6.62. The Morgan fingerprint density at radius 1 is 1.15 bits per heavy atom. The maximum atomic E-state index is 4.86. The van der Waals surface area contributed by atoms with Gasteiger partial charge in [-0.3, -0.25) is 0 Å². The SMILES string of the molecule is CCC1CN(c2ccc3ccccc3n2)C(CC)CN1. The molecule has 0 bridgehead atoms. The Labute approximate surface area is 121 Å². The quantitative estimate of drug-likeness (QED) is 0.927. The molecule has 0 radical (unpaired) electrons. The van der Waals surface area contributed by atoms with Crippen molar-refractivity contribution in [2.45, 2.75) is 38.8 Å². The third-order valence-corrected chi connectivity index (χ3v) is 4.34. The maximum Gasteiger partial charge on any atom is 0.129 e. The van der Waals surface area contributed by atoms with Crippen LogP contribution in [0.1, 0.15) is 26.7 Å². The predicted octanol–water partition coefficient (Wildman–Crippen LogP) is 3.20. The maximum absolute atomic E-state index is 4.86. The molecule has 1 aromatic heterocycles. The summed E-state index contributed by atoms with van der Waals surface area (Å²) in [4.78, 5) is 7.35. The van der Waals surface area contributed by atoms with Crippen LogP contribution in [-0.4, -0.2) is 30.2 Å². The van der Waals surface area contributed by atoms with Gasteiger partial charge in [0.05, 0.1) is 5.52 Å². The number of para-hydroxylation sites is 1. The van der Waals surface area contributed by atoms with Crippen molar-refractivity contribution in [2.75, 3.05) is 18.0 Å². The van der Waals surface area contributed by atoms with Crippen LogP contribution < -0.4 is 10.2 Å². The normalized spacial score (nSPS) is 23.2. The zero-order chi connectivity index (χ0) is 13.9. The lowest BCUT2D eigenvalue weighted by molar-refractivity contribution is 0.377. The molecule has 2 unspecified atom stereocenters. The number of fused-ring (bicyclic) bond motifs is 1. The molecule has 1 aliphatic heterocycles. The second-order valence-electron chi connectivity index (χ2n) is 5.59. The third kappa shape index (κ3) is 2.50. The first kappa shape index (κ1) is 13.4. The molecule has 3 nitrogen and oxygen atoms in total. The van der Waals surface area contributed by atoms with E-state index in [0.717, 1.165) is 30.8 Å². The fourth-order valence-electron chi connectivity index (χ4n) is 3.00. The Morgan fingerprint density at radius 3 is 2.80 bits per heavy atom. The van der Waals surface area contributed by atoms with Gasteiger partial charge in [0.15, 0.2) is 0 Å². The van der Waals surface area contributed by atoms with E-state index in [0.29, 0.717) is 12.1 Å². The van der Waals surface area contributed by atoms with Crippen molar-refractivity contribution in [1.82, 2.24) is 10.3 Å². The van der Waals surface area contributed by atoms with E-state index in [1.54, 1.807) is 0 Å². The predicted molar refractivity (Wildman–Crippen MR) is 85.2 cm³/mol. The highest BCUT2D eigenvalue weighted by Crippen LogP contribution is 2.23. The van der Waals surface area contributed by atoms with E-state index in [2.05, 4.69) is 60.5 Å². The molecule has 20 heavy (non-hydrogen) atoms. The summed E-state index contributed by atoms with van der Waals surface area (Å²) in [7, 11) is 0. The molecular weight excluding hydrogens is 246 g/mol. The van der Waals surface area contributed by atoms with E-state index < -0.39 is 0 Å². The largest absolute Gasteiger partial charge is 0.351 e. The lowest BCUT2D eigenvalue weighted by atomic mass is 10.0. The van der Waals surface area contributed by atoms with Gasteiger partial charge in [0.2, 0.25) is 0 Å². The van der Waals surface area contributed by atoms with Gasteiger partial charge in [-0.2, -0.15) is 0 Å². The molecule has 3 heteroatoms. The molecule has 1 fully saturated rings. The van der Waals surface area contributed by atoms with Crippen molar-refractivity contribution in [3.05, 3.63) is 36.4 Å². The monoisotopic (exact) mass is 269 g/mol. The Kier molecular flexibility index (Phi) is 3.88. The fraction of sp³-hybridized carbons (Fsp3) is 0.471. The highest BCUT2D eigenvalue weighted by Gasteiger charge is 2.26. The lowest BCUT2D eigenvalue weighted by Crippen LogP contribution is -2.56. The number of nitrogens with zero attached hydrogens (tertiary/aromatic N) is 2. The van der Waals surface area contributed by atoms with Gasteiger partial charge in [0.25, 0.3) is 0 Å². The van der Waals surface area contributed by atoms with Crippen LogP contribution in [0.2, 0.25) is 0 Å². The zero-order valence-electron chi connectivity index (χ0n) is 12.3. The van der Waals surface area contributed by atoms with Crippen LogP contribution in [0.5, 0.6) is 0 Å². The third-order valence-electron chi connectivity index (χ3n) is 4.34. The van der Waals surface area contributed by atoms with Gasteiger partial charge < -0.3 is 10.2 Å². The number of pyridine rings is 1. The summed E-state index contributed by atoms with van der Waals surface area (Å²) in [5.74, 6) is 1.12. The van der Waals surface area contributed by atoms with E-state index in [1.165, 1.54) is 11.8 Å². The van der Waals surface area contributed by atoms with Crippen LogP contribution in [0.3, 0.4) is 0 Å². The average molecular weight is 269 g/mol. The summed E-state index contributed by atoms with van der Waals surface area (Å²) in [6, 6.07) is 13.8. The molecule has 1 aromatic carbocycles. The lowest BCUT2D eigenvalue weighted by Gasteiger charge is -2.40. The van der Waals surface area contributed by atoms with Crippen LogP contribution in [0, 0.1) is 0 Å². The van der Waals surface area contributed by atoms with Gasteiger partial charge in [-0.25, -0.2) is 4.98 Å². The smallest absolute Gasteiger partial charge is 0.129 e. The topological polar surface area (TPSA) is 28.2 Å². The average Bonchev–Trinajstić information content (AvgIpc) is 2.53. The van der Waals surface area contributed by atoms with Crippen molar-refractivity contribution >= 4 is 16.7 Å². The summed E-state index contributed by atoms with van der Waals surface area (Å²) in [6.07, 6.45) is 2.32. The van der Waals surface area contributed by atoms with Crippen LogP contribution in [0.25, 0.3) is 10.9 Å². The minimum absolute atomic E-state index is 0.548. The molecule has 2 heterocycles. The van der Waals surface area contributed by atoms with Gasteiger partial charge >= 0.3 is 0 Å². The molecule has 2 aromatic rings. The number of nitrogens with one attached hydrogen (secondary N) is 1. The van der Waals surface area contributed by atoms with Gasteiger partial charge in [-0.15, -0.1) is 0 Å². The number of piperazine rings is 1. The highest BCUT2D eigenvalue weighted by atomic mass is 15.3. The van der Waals surface area contributed by atoms with Crippen LogP contribution in [0.4, 0.5) is 5.82 Å². The zero-order valence-corrected chi connectivity index (χ0v) is 12.3. The number of aromatic nitrogens is 1. The molecule has 0 aliphatic carbocycles. The van der Waals surface area contributed by atoms with Crippen molar-refractivity contribution in [3.8, 4) is 0 Å². The van der Waals surface area contributed by atoms with Gasteiger partial charge in [0, 0.05) is 30.6 Å². The van der Waals surface area contributed by atoms with Gasteiger partial charge in [-0.05, 0) is 31.0 Å². The summed E-state index contributed by atoms with van der Waals surface area (Å²) in [5.41, 5.74) is 1.09. The number of benzene rings is 1. The molecule has 1 saturated heterocycles. The number of rotatable bonds is 3. The van der Waals surface area contributed by atoms with Crippen LogP contribution >= 0.6 is 0 Å². The van der Waals surface area contributed by atoms with Gasteiger partial charge in [-0.1, -0.05) is 32.0 Å². The number of anilines is 1. The second-order valence-corrected chi connectivity index (χ2v) is 5.59. The molecule has 3 rings (SSSR count). The highest BCUT2D eigenvalue weighted by molar-refractivity contribution is 5.80. The minimum Gasteiger partial charge on any atom is -0.351 e. The van der Waals surface area contributed by atoms with E-state index in [4.69, 9.17) is 4.98 Å². The van der Waals surface area contributed by atoms with Crippen LogP contribution in [-0.2, 0) is 0 Å². The van der Waals surface area contributed by atoms with Crippen LogP contribution in [0.15, 0.2) is 36.4 Å². The first-order chi connectivity index (χ1) is 9.81. The van der Waals surface area contributed by atoms with E-state index in [9.17, 15) is 0 Å². The van der Waals surface area contributed by atoms with Crippen molar-refractivity contribution in [3.63, 3.8) is 0 Å². The van der Waals surface area contributed by atoms with Crippen molar-refractivity contribution in [2.24, 2.45) is 0 Å². The Morgan fingerprint density at radius 2 is 2.00 bits per heavy atom. The molecule has 2 atom stereocenters. The van der Waals surface area contributed by atoms with E-state index in [-0.39, 0.29) is 0 Å². The molecular formula is C17H23N3. The first-order valence-corrected chi connectivity index (χ1v) is 7.67. The van der Waals surface area contributed by atoms with E-state index >= 15 is 0 Å². The number of hydrogen-bond acceptors (Lipinski definition) is 3. The van der Waals surface area contributed by atoms with Crippen molar-refractivity contribution in [1.29, 1.82) is 0 Å². The first-order valence-electron chi connectivity index (χ1n) is 7.67. The minimum atomic E-state index is 0.548. The standard InChI is InChI=1S/C17H23N3/c1-3-14-12-20(15(4-2)11-18-14)17-10-9-13-7-5-6-8-16(13)19-17/h5-10,14-15,18H,3-4,11-12H2,1-2H3. The Hall–Kier alpha value is -1.61. The Bertz CT molecular complexity index is 581. The molecule has 1 N–H and O–H groups in total. The Balaban J connectivity index is 1.94. The second kappa shape index (κ2) is 5.80. The molecule has 106 valence electrons. The fourth-order valence-corrected chi connectivity index (χ4v) is 3.00. The van der Waals surface area contributed by atoms with E-state index in [1.807, 2.05) is 0 Å². The summed E-state index contributed by atoms with van der Waals surface area (Å²) in [5, 5.41) is 4.85. The van der Waals surface area contributed by atoms with Gasteiger partial charge in [0.1, 0.15) is 5.82 Å². The number of hydrogen-bond donors (Lipinski definition) is 1. The molecule has 0 saturated carbocycles. The van der Waals surface area contributed by atoms with Crippen molar-refractivity contribution < 1.29 is 0 Å². The molecule has 1 aliphatic rings.